The van der Waals surface area contributed by atoms with Crippen molar-refractivity contribution in [1.29, 1.82) is 0 Å². The molecule has 2 aromatic rings. The Balaban J connectivity index is 2.26. The van der Waals surface area contributed by atoms with E-state index in [0.717, 1.165) is 10.4 Å². The Morgan fingerprint density at radius 2 is 2.00 bits per heavy atom. The van der Waals surface area contributed by atoms with Gasteiger partial charge in [-0.1, -0.05) is 18.2 Å². The van der Waals surface area contributed by atoms with Crippen LogP contribution >= 0.6 is 11.3 Å². The predicted octanol–water partition coefficient (Wildman–Crippen LogP) is 3.04. The van der Waals surface area contributed by atoms with Crippen molar-refractivity contribution in [2.75, 3.05) is 14.2 Å². The third kappa shape index (κ3) is 2.66. The third-order valence-electron chi connectivity index (χ3n) is 2.77. The van der Waals surface area contributed by atoms with Crippen LogP contribution in [0.2, 0.25) is 0 Å². The first kappa shape index (κ1) is 12.9. The smallest absolute Gasteiger partial charge is 0.166 e. The van der Waals surface area contributed by atoms with Crippen molar-refractivity contribution < 1.29 is 14.6 Å². The summed E-state index contributed by atoms with van der Waals surface area (Å²) in [5.41, 5.74) is 0.755. The van der Waals surface area contributed by atoms with Crippen LogP contribution in [0.15, 0.2) is 35.7 Å². The number of aliphatic hydroxyl groups excluding tert-OH is 1. The normalized spacial score (nSPS) is 12.2. The maximum absolute atomic E-state index is 10.3. The Morgan fingerprint density at radius 1 is 1.17 bits per heavy atom. The lowest BCUT2D eigenvalue weighted by Crippen LogP contribution is -2.04. The molecule has 0 aliphatic carbocycles. The van der Waals surface area contributed by atoms with Gasteiger partial charge in [0, 0.05) is 16.9 Å². The summed E-state index contributed by atoms with van der Waals surface area (Å²) in [7, 11) is 3.17. The Kier molecular flexibility index (Phi) is 4.23. The number of thiophene rings is 1. The zero-order valence-corrected chi connectivity index (χ0v) is 11.2. The van der Waals surface area contributed by atoms with Crippen LogP contribution in [0.4, 0.5) is 0 Å². The van der Waals surface area contributed by atoms with Crippen LogP contribution in [0, 0.1) is 0 Å². The van der Waals surface area contributed by atoms with Gasteiger partial charge in [-0.2, -0.15) is 0 Å². The van der Waals surface area contributed by atoms with Crippen molar-refractivity contribution in [2.45, 2.75) is 12.5 Å². The lowest BCUT2D eigenvalue weighted by Gasteiger charge is -2.16. The molecule has 0 bridgehead atoms. The van der Waals surface area contributed by atoms with Gasteiger partial charge < -0.3 is 14.6 Å². The highest BCUT2D eigenvalue weighted by atomic mass is 32.1. The Bertz CT molecular complexity index is 494. The molecule has 1 N–H and O–H groups in total. The number of para-hydroxylation sites is 1. The highest BCUT2D eigenvalue weighted by Crippen LogP contribution is 2.36. The van der Waals surface area contributed by atoms with Gasteiger partial charge in [0.15, 0.2) is 11.5 Å². The molecule has 1 heterocycles. The fourth-order valence-electron chi connectivity index (χ4n) is 1.90. The maximum atomic E-state index is 10.3. The zero-order valence-electron chi connectivity index (χ0n) is 10.4. The van der Waals surface area contributed by atoms with Crippen LogP contribution < -0.4 is 9.47 Å². The Hall–Kier alpha value is -1.52. The number of aliphatic hydroxyl groups is 1. The molecule has 96 valence electrons. The maximum Gasteiger partial charge on any atom is 0.166 e. The highest BCUT2D eigenvalue weighted by molar-refractivity contribution is 7.09. The molecule has 0 fully saturated rings. The van der Waals surface area contributed by atoms with E-state index in [1.54, 1.807) is 25.6 Å². The topological polar surface area (TPSA) is 38.7 Å². The summed E-state index contributed by atoms with van der Waals surface area (Å²) in [5, 5.41) is 12.3. The quantitative estimate of drug-likeness (QED) is 0.902. The molecule has 0 spiro atoms. The number of rotatable bonds is 5. The van der Waals surface area contributed by atoms with Crippen molar-refractivity contribution in [3.05, 3.63) is 46.2 Å². The standard InChI is InChI=1S/C14H16O3S/c1-16-13-7-3-6-11(14(13)17-2)12(15)9-10-5-4-8-18-10/h3-8,12,15H,9H2,1-2H3. The molecule has 0 radical (unpaired) electrons. The molecule has 0 saturated carbocycles. The average Bonchev–Trinajstić information content (AvgIpc) is 2.90. The minimum absolute atomic E-state index is 0.585. The number of hydrogen-bond acceptors (Lipinski definition) is 4. The van der Waals surface area contributed by atoms with Crippen LogP contribution in [0.5, 0.6) is 11.5 Å². The van der Waals surface area contributed by atoms with Gasteiger partial charge in [0.05, 0.1) is 20.3 Å². The first-order chi connectivity index (χ1) is 8.76. The molecule has 3 nitrogen and oxygen atoms in total. The summed E-state index contributed by atoms with van der Waals surface area (Å²) in [6, 6.07) is 9.53. The van der Waals surface area contributed by atoms with Gasteiger partial charge in [0.1, 0.15) is 0 Å². The summed E-state index contributed by atoms with van der Waals surface area (Å²) >= 11 is 1.64. The van der Waals surface area contributed by atoms with Crippen LogP contribution in [-0.2, 0) is 6.42 Å². The molecule has 1 aromatic heterocycles. The minimum Gasteiger partial charge on any atom is -0.493 e. The van der Waals surface area contributed by atoms with Crippen molar-refractivity contribution >= 4 is 11.3 Å². The SMILES string of the molecule is COc1cccc(C(O)Cc2cccs2)c1OC. The van der Waals surface area contributed by atoms with E-state index in [-0.39, 0.29) is 0 Å². The second-order valence-electron chi connectivity index (χ2n) is 3.88. The van der Waals surface area contributed by atoms with Crippen molar-refractivity contribution in [3.63, 3.8) is 0 Å². The molecule has 1 unspecified atom stereocenters. The van der Waals surface area contributed by atoms with E-state index >= 15 is 0 Å². The zero-order chi connectivity index (χ0) is 13.0. The van der Waals surface area contributed by atoms with Gasteiger partial charge in [-0.25, -0.2) is 0 Å². The number of methoxy groups -OCH3 is 2. The fraction of sp³-hybridized carbons (Fsp3) is 0.286. The fourth-order valence-corrected chi connectivity index (χ4v) is 2.65. The monoisotopic (exact) mass is 264 g/mol. The van der Waals surface area contributed by atoms with Gasteiger partial charge in [-0.3, -0.25) is 0 Å². The van der Waals surface area contributed by atoms with E-state index < -0.39 is 6.10 Å². The summed E-state index contributed by atoms with van der Waals surface area (Å²) in [4.78, 5) is 1.15. The van der Waals surface area contributed by atoms with E-state index in [2.05, 4.69) is 0 Å². The molecule has 0 aliphatic heterocycles. The van der Waals surface area contributed by atoms with Crippen LogP contribution in [-0.4, -0.2) is 19.3 Å². The molecule has 18 heavy (non-hydrogen) atoms. The van der Waals surface area contributed by atoms with Gasteiger partial charge in [-0.05, 0) is 17.5 Å². The number of benzene rings is 1. The summed E-state index contributed by atoms with van der Waals surface area (Å²) in [5.74, 6) is 1.24. The molecule has 0 amide bonds. The van der Waals surface area contributed by atoms with Gasteiger partial charge in [0.25, 0.3) is 0 Å². The lowest BCUT2D eigenvalue weighted by atomic mass is 10.0. The van der Waals surface area contributed by atoms with E-state index in [4.69, 9.17) is 9.47 Å². The van der Waals surface area contributed by atoms with Crippen LogP contribution in [0.3, 0.4) is 0 Å². The van der Waals surface area contributed by atoms with Gasteiger partial charge in [-0.15, -0.1) is 11.3 Å². The minimum atomic E-state index is -0.589. The highest BCUT2D eigenvalue weighted by Gasteiger charge is 2.17. The summed E-state index contributed by atoms with van der Waals surface area (Å²) < 4.78 is 10.6. The second kappa shape index (κ2) is 5.89. The molecule has 1 atom stereocenters. The predicted molar refractivity (Wildman–Crippen MR) is 72.5 cm³/mol. The average molecular weight is 264 g/mol. The van der Waals surface area contributed by atoms with Crippen LogP contribution in [0.25, 0.3) is 0 Å². The third-order valence-corrected chi connectivity index (χ3v) is 3.67. The van der Waals surface area contributed by atoms with E-state index in [1.165, 1.54) is 0 Å². The molecular formula is C14H16O3S. The van der Waals surface area contributed by atoms with Crippen molar-refractivity contribution in [3.8, 4) is 11.5 Å². The molecule has 4 heteroatoms. The van der Waals surface area contributed by atoms with E-state index in [1.807, 2.05) is 35.7 Å². The summed E-state index contributed by atoms with van der Waals surface area (Å²) in [6.45, 7) is 0. The molecular weight excluding hydrogens is 248 g/mol. The van der Waals surface area contributed by atoms with E-state index in [9.17, 15) is 5.11 Å². The van der Waals surface area contributed by atoms with Gasteiger partial charge in [0.2, 0.25) is 0 Å². The number of ether oxygens (including phenoxy) is 2. The molecule has 0 saturated heterocycles. The first-order valence-electron chi connectivity index (χ1n) is 5.67. The Labute approximate surface area is 111 Å². The van der Waals surface area contributed by atoms with Crippen LogP contribution in [0.1, 0.15) is 16.5 Å². The van der Waals surface area contributed by atoms with Crippen molar-refractivity contribution in [2.24, 2.45) is 0 Å². The molecule has 2 rings (SSSR count). The van der Waals surface area contributed by atoms with Gasteiger partial charge >= 0.3 is 0 Å². The molecule has 1 aromatic carbocycles. The summed E-state index contributed by atoms with van der Waals surface area (Å²) in [6.07, 6.45) is -0.00465. The first-order valence-corrected chi connectivity index (χ1v) is 6.55. The number of hydrogen-bond donors (Lipinski definition) is 1. The largest absolute Gasteiger partial charge is 0.493 e. The lowest BCUT2D eigenvalue weighted by molar-refractivity contribution is 0.174. The van der Waals surface area contributed by atoms with Crippen molar-refractivity contribution in [1.82, 2.24) is 0 Å². The van der Waals surface area contributed by atoms with E-state index in [0.29, 0.717) is 17.9 Å². The molecule has 0 aliphatic rings. The second-order valence-corrected chi connectivity index (χ2v) is 4.91. The Morgan fingerprint density at radius 3 is 2.61 bits per heavy atom.